The molecule has 0 bridgehead atoms. The van der Waals surface area contributed by atoms with Crippen molar-refractivity contribution < 1.29 is 4.58 Å². The Labute approximate surface area is 191 Å². The molecule has 2 aliphatic rings. The second-order valence-corrected chi connectivity index (χ2v) is 8.77. The third-order valence-corrected chi connectivity index (χ3v) is 6.66. The fourth-order valence-corrected chi connectivity index (χ4v) is 5.09. The van der Waals surface area contributed by atoms with Crippen molar-refractivity contribution in [2.75, 3.05) is 13.6 Å². The predicted molar refractivity (Wildman–Crippen MR) is 138 cm³/mol. The van der Waals surface area contributed by atoms with Crippen LogP contribution < -0.4 is 5.73 Å². The first kappa shape index (κ1) is 20.5. The SMILES string of the molecule is Bn1cccc1/C(CCN)=C1/C(C)=CC(/C=C/c2ccc3c(c2)-c2ccccc2C3)=[N+]1C. The average molecular weight is 418 g/mol. The molecule has 0 atom stereocenters. The summed E-state index contributed by atoms with van der Waals surface area (Å²) in [6.45, 7) is 2.82. The number of allylic oxidation sites excluding steroid dienone is 3. The molecule has 2 N–H and O–H groups in total. The van der Waals surface area contributed by atoms with Gasteiger partial charge in [0.2, 0.25) is 19.4 Å². The summed E-state index contributed by atoms with van der Waals surface area (Å²) >= 11 is 0. The summed E-state index contributed by atoms with van der Waals surface area (Å²) < 4.78 is 4.47. The number of likely N-dealkylation sites (N-methyl/N-ethyl adjacent to an activating group) is 1. The van der Waals surface area contributed by atoms with Crippen LogP contribution in [0.4, 0.5) is 0 Å². The van der Waals surface area contributed by atoms with Crippen molar-refractivity contribution in [1.29, 1.82) is 0 Å². The van der Waals surface area contributed by atoms with Crippen LogP contribution in [0.5, 0.6) is 0 Å². The molecular formula is C28H29BN3+. The van der Waals surface area contributed by atoms with Gasteiger partial charge in [0.25, 0.3) is 0 Å². The zero-order chi connectivity index (χ0) is 22.2. The van der Waals surface area contributed by atoms with E-state index < -0.39 is 0 Å². The topological polar surface area (TPSA) is 34.0 Å². The van der Waals surface area contributed by atoms with Crippen LogP contribution in [-0.2, 0) is 6.42 Å². The molecule has 1 aliphatic carbocycles. The van der Waals surface area contributed by atoms with E-state index in [0.29, 0.717) is 6.54 Å². The van der Waals surface area contributed by atoms with Crippen molar-refractivity contribution >= 4 is 25.3 Å². The van der Waals surface area contributed by atoms with Crippen LogP contribution in [0.3, 0.4) is 0 Å². The van der Waals surface area contributed by atoms with Crippen LogP contribution in [0, 0.1) is 0 Å². The Kier molecular flexibility index (Phi) is 5.32. The largest absolute Gasteiger partial charge is 0.399 e. The standard InChI is InChI=1S/C28H29BN3/c1-19-16-23(31(2)28(19)25(13-14-30)27-8-5-15-32(27)29)12-10-20-9-11-22-18-21-6-3-4-7-24(21)26(22)17-20/h3-12,15-17H,13-14,18,29-30H2,1-2H3/q+1/b12-10+. The van der Waals surface area contributed by atoms with Crippen molar-refractivity contribution in [3.05, 3.63) is 107 Å². The van der Waals surface area contributed by atoms with Gasteiger partial charge in [-0.15, -0.1) is 0 Å². The van der Waals surface area contributed by atoms with Crippen molar-refractivity contribution in [1.82, 2.24) is 4.48 Å². The molecule has 3 nitrogen and oxygen atoms in total. The lowest BCUT2D eigenvalue weighted by Gasteiger charge is -2.11. The van der Waals surface area contributed by atoms with Gasteiger partial charge in [0.15, 0.2) is 0 Å². The molecule has 32 heavy (non-hydrogen) atoms. The number of nitrogens with two attached hydrogens (primary N) is 1. The number of aromatic nitrogens is 1. The zero-order valence-corrected chi connectivity index (χ0v) is 19.1. The number of hydrogen-bond donors (Lipinski definition) is 1. The molecule has 0 amide bonds. The van der Waals surface area contributed by atoms with Crippen LogP contribution in [0.1, 0.15) is 35.7 Å². The Bertz CT molecular complexity index is 1330. The second kappa shape index (κ2) is 8.29. The van der Waals surface area contributed by atoms with Crippen LogP contribution in [-0.4, -0.2) is 36.3 Å². The van der Waals surface area contributed by atoms with Gasteiger partial charge in [-0.25, -0.2) is 0 Å². The number of nitrogens with zero attached hydrogens (tertiary/aromatic N) is 2. The molecule has 4 heteroatoms. The Morgan fingerprint density at radius 3 is 2.66 bits per heavy atom. The number of fused-ring (bicyclic) bond motifs is 3. The first-order valence-corrected chi connectivity index (χ1v) is 11.3. The molecule has 1 aliphatic heterocycles. The van der Waals surface area contributed by atoms with Crippen LogP contribution in [0.2, 0.25) is 0 Å². The highest BCUT2D eigenvalue weighted by Crippen LogP contribution is 2.37. The number of benzene rings is 2. The number of hydrogen-bond acceptors (Lipinski definition) is 1. The summed E-state index contributed by atoms with van der Waals surface area (Å²) in [5.74, 6) is 0. The Morgan fingerprint density at radius 2 is 1.88 bits per heavy atom. The minimum absolute atomic E-state index is 0.632. The predicted octanol–water partition coefficient (Wildman–Crippen LogP) is 4.27. The maximum atomic E-state index is 5.99. The molecule has 2 heterocycles. The molecule has 1 aromatic heterocycles. The van der Waals surface area contributed by atoms with Gasteiger partial charge in [0.1, 0.15) is 7.05 Å². The molecule has 0 fully saturated rings. The highest BCUT2D eigenvalue weighted by molar-refractivity contribution is 6.09. The van der Waals surface area contributed by atoms with E-state index in [1.54, 1.807) is 0 Å². The Hall–Kier alpha value is -3.37. The molecule has 0 radical (unpaired) electrons. The smallest absolute Gasteiger partial charge is 0.223 e. The maximum Gasteiger partial charge on any atom is 0.223 e. The lowest BCUT2D eigenvalue weighted by Crippen LogP contribution is -2.13. The molecule has 2 aromatic carbocycles. The summed E-state index contributed by atoms with van der Waals surface area (Å²) in [5.41, 5.74) is 19.1. The van der Waals surface area contributed by atoms with Gasteiger partial charge in [-0.2, -0.15) is 4.58 Å². The highest BCUT2D eigenvalue weighted by Gasteiger charge is 2.28. The summed E-state index contributed by atoms with van der Waals surface area (Å²) in [7, 11) is 4.25. The third kappa shape index (κ3) is 3.51. The van der Waals surface area contributed by atoms with Crippen LogP contribution >= 0.6 is 0 Å². The lowest BCUT2D eigenvalue weighted by molar-refractivity contribution is -0.433. The molecule has 0 saturated carbocycles. The van der Waals surface area contributed by atoms with E-state index in [1.165, 1.54) is 56.1 Å². The zero-order valence-electron chi connectivity index (χ0n) is 19.1. The van der Waals surface area contributed by atoms with E-state index in [1.807, 2.05) is 0 Å². The van der Waals surface area contributed by atoms with Crippen LogP contribution in [0.15, 0.2) is 84.2 Å². The van der Waals surface area contributed by atoms with Crippen molar-refractivity contribution in [2.24, 2.45) is 5.73 Å². The average Bonchev–Trinajstić information content (AvgIpc) is 3.46. The van der Waals surface area contributed by atoms with Gasteiger partial charge < -0.3 is 10.2 Å². The maximum absolute atomic E-state index is 5.99. The van der Waals surface area contributed by atoms with Crippen molar-refractivity contribution in [3.63, 3.8) is 0 Å². The molecule has 158 valence electrons. The first-order chi connectivity index (χ1) is 15.6. The van der Waals surface area contributed by atoms with E-state index >= 15 is 0 Å². The molecule has 5 rings (SSSR count). The van der Waals surface area contributed by atoms with Gasteiger partial charge in [-0.05, 0) is 84.6 Å². The summed E-state index contributed by atoms with van der Waals surface area (Å²) in [6, 6.07) is 19.8. The van der Waals surface area contributed by atoms with E-state index in [2.05, 4.69) is 110 Å². The highest BCUT2D eigenvalue weighted by atomic mass is 15.0. The molecule has 0 saturated heterocycles. The van der Waals surface area contributed by atoms with E-state index in [0.717, 1.165) is 12.8 Å². The fraction of sp³-hybridized carbons (Fsp3) is 0.179. The van der Waals surface area contributed by atoms with Gasteiger partial charge in [0.05, 0.1) is 0 Å². The normalized spacial score (nSPS) is 16.5. The number of rotatable bonds is 5. The Morgan fingerprint density at radius 1 is 1.06 bits per heavy atom. The first-order valence-electron chi connectivity index (χ1n) is 11.3. The van der Waals surface area contributed by atoms with Crippen molar-refractivity contribution in [3.8, 4) is 11.1 Å². The van der Waals surface area contributed by atoms with Gasteiger partial charge in [-0.3, -0.25) is 0 Å². The molecule has 0 spiro atoms. The third-order valence-electron chi connectivity index (χ3n) is 6.66. The minimum Gasteiger partial charge on any atom is -0.399 e. The van der Waals surface area contributed by atoms with Gasteiger partial charge >= 0.3 is 0 Å². The Balaban J connectivity index is 1.50. The minimum atomic E-state index is 0.632. The summed E-state index contributed by atoms with van der Waals surface area (Å²) in [5, 5.41) is 0. The van der Waals surface area contributed by atoms with E-state index in [9.17, 15) is 0 Å². The van der Waals surface area contributed by atoms with Gasteiger partial charge in [-0.1, -0.05) is 36.4 Å². The quantitative estimate of drug-likeness (QED) is 0.381. The molecule has 0 unspecified atom stereocenters. The molecular weight excluding hydrogens is 389 g/mol. The van der Waals surface area contributed by atoms with E-state index in [4.69, 9.17) is 5.73 Å². The van der Waals surface area contributed by atoms with E-state index in [-0.39, 0.29) is 0 Å². The molecule has 3 aromatic rings. The summed E-state index contributed by atoms with van der Waals surface area (Å²) in [6.07, 6.45) is 10.7. The van der Waals surface area contributed by atoms with Crippen molar-refractivity contribution in [2.45, 2.75) is 19.8 Å². The second-order valence-electron chi connectivity index (χ2n) is 8.77. The lowest BCUT2D eigenvalue weighted by atomic mass is 10.0. The summed E-state index contributed by atoms with van der Waals surface area (Å²) in [4.78, 5) is 0. The fourth-order valence-electron chi connectivity index (χ4n) is 5.09. The van der Waals surface area contributed by atoms with Crippen LogP contribution in [0.25, 0.3) is 22.8 Å². The monoisotopic (exact) mass is 418 g/mol. The van der Waals surface area contributed by atoms with Gasteiger partial charge in [0, 0.05) is 29.0 Å².